The van der Waals surface area contributed by atoms with Gasteiger partial charge in [0.2, 0.25) is 0 Å². The summed E-state index contributed by atoms with van der Waals surface area (Å²) in [6, 6.07) is 65.9. The van der Waals surface area contributed by atoms with Crippen LogP contribution in [-0.4, -0.2) is 0 Å². The van der Waals surface area contributed by atoms with Crippen molar-refractivity contribution in [3.8, 4) is 33.4 Å². The zero-order chi connectivity index (χ0) is 39.4. The molecule has 1 heterocycles. The van der Waals surface area contributed by atoms with Gasteiger partial charge >= 0.3 is 0 Å². The largest absolute Gasteiger partial charge is 0.455 e. The van der Waals surface area contributed by atoms with Gasteiger partial charge in [0, 0.05) is 16.3 Å². The highest BCUT2D eigenvalue weighted by Gasteiger charge is 2.11. The van der Waals surface area contributed by atoms with Gasteiger partial charge in [-0.05, 0) is 99.5 Å². The van der Waals surface area contributed by atoms with Crippen LogP contribution in [0.3, 0.4) is 0 Å². The molecule has 1 nitrogen and oxygen atoms in total. The third-order valence-electron chi connectivity index (χ3n) is 9.94. The first-order valence-electron chi connectivity index (χ1n) is 19.4. The SMILES string of the molecule is Cc1ccc(-c2ccc(C)c(-c3ccccc3C)c2)cc1.Cc1ccc(-c2cccc3c2oc2ccccc23)cc1.Cc1cccc(C)c1.Cc1ccccc1. The molecule has 0 amide bonds. The molecule has 0 radical (unpaired) electrons. The van der Waals surface area contributed by atoms with Crippen molar-refractivity contribution in [2.75, 3.05) is 0 Å². The molecule has 278 valence electrons. The van der Waals surface area contributed by atoms with E-state index in [9.17, 15) is 0 Å². The molecule has 0 aliphatic carbocycles. The summed E-state index contributed by atoms with van der Waals surface area (Å²) in [7, 11) is 0. The second-order valence-electron chi connectivity index (χ2n) is 14.7. The number of para-hydroxylation sites is 2. The first-order valence-corrected chi connectivity index (χ1v) is 19.4. The second-order valence-corrected chi connectivity index (χ2v) is 14.7. The molecule has 0 spiro atoms. The van der Waals surface area contributed by atoms with Gasteiger partial charge in [-0.2, -0.15) is 0 Å². The lowest BCUT2D eigenvalue weighted by molar-refractivity contribution is 0.670. The Bertz CT molecular complexity index is 2610. The summed E-state index contributed by atoms with van der Waals surface area (Å²) in [4.78, 5) is 0. The van der Waals surface area contributed by atoms with Crippen LogP contribution in [0.4, 0.5) is 0 Å². The number of furan rings is 1. The smallest absolute Gasteiger partial charge is 0.143 e. The summed E-state index contributed by atoms with van der Waals surface area (Å²) in [5.74, 6) is 0. The first-order chi connectivity index (χ1) is 27.2. The molecule has 0 unspecified atom stereocenters. The topological polar surface area (TPSA) is 13.1 Å². The van der Waals surface area contributed by atoms with Crippen molar-refractivity contribution >= 4 is 21.9 Å². The van der Waals surface area contributed by atoms with Gasteiger partial charge in [-0.25, -0.2) is 0 Å². The Kier molecular flexibility index (Phi) is 13.1. The molecular formula is C55H52O. The summed E-state index contributed by atoms with van der Waals surface area (Å²) in [6.45, 7) is 14.9. The quantitative estimate of drug-likeness (QED) is 0.177. The lowest BCUT2D eigenvalue weighted by Crippen LogP contribution is -1.88. The molecule has 1 heteroatoms. The third kappa shape index (κ3) is 10.2. The number of hydrogen-bond donors (Lipinski definition) is 0. The highest BCUT2D eigenvalue weighted by molar-refractivity contribution is 6.09. The average molecular weight is 729 g/mol. The Morgan fingerprint density at radius 3 is 1.38 bits per heavy atom. The number of rotatable bonds is 3. The van der Waals surface area contributed by atoms with Gasteiger partial charge in [-0.1, -0.05) is 204 Å². The maximum Gasteiger partial charge on any atom is 0.143 e. The van der Waals surface area contributed by atoms with E-state index in [1.165, 1.54) is 77.5 Å². The van der Waals surface area contributed by atoms with E-state index in [0.29, 0.717) is 0 Å². The summed E-state index contributed by atoms with van der Waals surface area (Å²) in [5.41, 5.74) is 18.7. The molecule has 9 aromatic rings. The summed E-state index contributed by atoms with van der Waals surface area (Å²) < 4.78 is 6.07. The molecule has 0 N–H and O–H groups in total. The van der Waals surface area contributed by atoms with E-state index in [-0.39, 0.29) is 0 Å². The summed E-state index contributed by atoms with van der Waals surface area (Å²) in [6.07, 6.45) is 0. The zero-order valence-corrected chi connectivity index (χ0v) is 33.8. The lowest BCUT2D eigenvalue weighted by Gasteiger charge is -2.12. The molecule has 0 aliphatic heterocycles. The standard InChI is InChI=1S/C21H20.C19H14O.C8H10.C7H8/c1-15-8-11-18(12-9-15)19-13-10-17(3)21(14-19)20-7-5-4-6-16(20)2;1-13-9-11-14(12-10-13)15-6-4-7-17-16-5-2-3-8-18(16)20-19(15)17;1-7-4-3-5-8(2)6-7;1-7-5-3-2-4-6-7/h4-14H,1-3H3;2-12H,1H3;3-6H,1-2H3;2-6H,1H3. The van der Waals surface area contributed by atoms with E-state index < -0.39 is 0 Å². The van der Waals surface area contributed by atoms with Gasteiger partial charge in [0.15, 0.2) is 0 Å². The zero-order valence-electron chi connectivity index (χ0n) is 33.8. The minimum absolute atomic E-state index is 0.946. The monoisotopic (exact) mass is 728 g/mol. The van der Waals surface area contributed by atoms with Crippen LogP contribution in [0.1, 0.15) is 38.9 Å². The van der Waals surface area contributed by atoms with Crippen LogP contribution in [0.2, 0.25) is 0 Å². The van der Waals surface area contributed by atoms with Crippen molar-refractivity contribution in [1.29, 1.82) is 0 Å². The molecule has 9 rings (SSSR count). The molecular weight excluding hydrogens is 677 g/mol. The van der Waals surface area contributed by atoms with Crippen LogP contribution < -0.4 is 0 Å². The van der Waals surface area contributed by atoms with E-state index in [1.807, 2.05) is 30.3 Å². The van der Waals surface area contributed by atoms with E-state index in [2.05, 4.69) is 206 Å². The summed E-state index contributed by atoms with van der Waals surface area (Å²) in [5, 5.41) is 2.36. The van der Waals surface area contributed by atoms with Crippen LogP contribution in [-0.2, 0) is 0 Å². The normalized spacial score (nSPS) is 10.4. The van der Waals surface area contributed by atoms with Gasteiger partial charge in [0.05, 0.1) is 0 Å². The molecule has 1 aromatic heterocycles. The van der Waals surface area contributed by atoms with Crippen molar-refractivity contribution in [3.63, 3.8) is 0 Å². The number of hydrogen-bond acceptors (Lipinski definition) is 1. The lowest BCUT2D eigenvalue weighted by atomic mass is 9.93. The van der Waals surface area contributed by atoms with E-state index >= 15 is 0 Å². The number of benzene rings is 8. The Morgan fingerprint density at radius 1 is 0.286 bits per heavy atom. The van der Waals surface area contributed by atoms with E-state index in [0.717, 1.165) is 16.7 Å². The molecule has 8 aromatic carbocycles. The Morgan fingerprint density at radius 2 is 0.768 bits per heavy atom. The minimum Gasteiger partial charge on any atom is -0.455 e. The van der Waals surface area contributed by atoms with Gasteiger partial charge in [-0.3, -0.25) is 0 Å². The van der Waals surface area contributed by atoms with Crippen molar-refractivity contribution in [1.82, 2.24) is 0 Å². The Labute approximate surface area is 334 Å². The van der Waals surface area contributed by atoms with Crippen molar-refractivity contribution in [3.05, 3.63) is 227 Å². The van der Waals surface area contributed by atoms with Gasteiger partial charge in [0.1, 0.15) is 11.2 Å². The predicted octanol–water partition coefficient (Wildman–Crippen LogP) is 15.8. The van der Waals surface area contributed by atoms with Crippen LogP contribution in [0.5, 0.6) is 0 Å². The fraction of sp³-hybridized carbons (Fsp3) is 0.127. The third-order valence-corrected chi connectivity index (χ3v) is 9.94. The minimum atomic E-state index is 0.946. The van der Waals surface area contributed by atoms with Gasteiger partial charge in [-0.15, -0.1) is 0 Å². The molecule has 0 aliphatic rings. The molecule has 0 fully saturated rings. The van der Waals surface area contributed by atoms with E-state index in [4.69, 9.17) is 4.42 Å². The summed E-state index contributed by atoms with van der Waals surface area (Å²) >= 11 is 0. The first kappa shape index (κ1) is 39.3. The Balaban J connectivity index is 0.000000140. The fourth-order valence-corrected chi connectivity index (χ4v) is 6.76. The van der Waals surface area contributed by atoms with E-state index in [1.54, 1.807) is 0 Å². The maximum atomic E-state index is 6.07. The maximum absolute atomic E-state index is 6.07. The molecule has 0 saturated heterocycles. The molecule has 0 saturated carbocycles. The number of aryl methyl sites for hydroxylation is 7. The predicted molar refractivity (Wildman–Crippen MR) is 243 cm³/mol. The number of fused-ring (bicyclic) bond motifs is 3. The van der Waals surface area contributed by atoms with Crippen LogP contribution in [0.25, 0.3) is 55.3 Å². The van der Waals surface area contributed by atoms with Crippen molar-refractivity contribution in [2.45, 2.75) is 48.5 Å². The van der Waals surface area contributed by atoms with Crippen molar-refractivity contribution < 1.29 is 4.42 Å². The second kappa shape index (κ2) is 18.7. The average Bonchev–Trinajstić information content (AvgIpc) is 3.59. The van der Waals surface area contributed by atoms with Gasteiger partial charge in [0.25, 0.3) is 0 Å². The molecule has 0 atom stereocenters. The molecule has 0 bridgehead atoms. The fourth-order valence-electron chi connectivity index (χ4n) is 6.76. The highest BCUT2D eigenvalue weighted by Crippen LogP contribution is 2.36. The van der Waals surface area contributed by atoms with Crippen LogP contribution in [0, 0.1) is 48.5 Å². The van der Waals surface area contributed by atoms with Crippen molar-refractivity contribution in [2.24, 2.45) is 0 Å². The van der Waals surface area contributed by atoms with Crippen LogP contribution >= 0.6 is 0 Å². The van der Waals surface area contributed by atoms with Gasteiger partial charge < -0.3 is 4.42 Å². The van der Waals surface area contributed by atoms with Crippen LogP contribution in [0.15, 0.2) is 192 Å². The Hall–Kier alpha value is -6.44. The molecule has 56 heavy (non-hydrogen) atoms. The highest BCUT2D eigenvalue weighted by atomic mass is 16.3.